The third kappa shape index (κ3) is 2.19. The highest BCUT2D eigenvalue weighted by atomic mass is 16.2. The van der Waals surface area contributed by atoms with Crippen molar-refractivity contribution in [1.29, 1.82) is 0 Å². The molecular formula is C9H17N3O. The normalized spacial score (nSPS) is 29.4. The summed E-state index contributed by atoms with van der Waals surface area (Å²) in [5.74, 6) is 0.453. The zero-order chi connectivity index (χ0) is 9.10. The summed E-state index contributed by atoms with van der Waals surface area (Å²) in [7, 11) is 0. The fourth-order valence-corrected chi connectivity index (χ4v) is 1.77. The molecule has 2 aliphatic heterocycles. The number of carbonyl (C=O) groups is 1. The number of hydrogen-bond donors (Lipinski definition) is 3. The summed E-state index contributed by atoms with van der Waals surface area (Å²) in [5, 5.41) is 9.47. The van der Waals surface area contributed by atoms with E-state index in [4.69, 9.17) is 0 Å². The van der Waals surface area contributed by atoms with Crippen molar-refractivity contribution in [3.63, 3.8) is 0 Å². The number of carbonyl (C=O) groups excluding carboxylic acids is 1. The predicted octanol–water partition coefficient (Wildman–Crippen LogP) is -0.926. The van der Waals surface area contributed by atoms with E-state index >= 15 is 0 Å². The number of amides is 1. The second-order valence-corrected chi connectivity index (χ2v) is 3.91. The van der Waals surface area contributed by atoms with E-state index in [9.17, 15) is 4.79 Å². The van der Waals surface area contributed by atoms with Crippen molar-refractivity contribution in [1.82, 2.24) is 16.0 Å². The van der Waals surface area contributed by atoms with Crippen LogP contribution in [0, 0.1) is 5.92 Å². The van der Waals surface area contributed by atoms with Crippen molar-refractivity contribution in [3.05, 3.63) is 0 Å². The lowest BCUT2D eigenvalue weighted by atomic mass is 10.0. The summed E-state index contributed by atoms with van der Waals surface area (Å²) < 4.78 is 0. The van der Waals surface area contributed by atoms with Crippen LogP contribution in [-0.4, -0.2) is 38.1 Å². The maximum absolute atomic E-state index is 11.5. The Morgan fingerprint density at radius 1 is 1.23 bits per heavy atom. The molecule has 0 aromatic heterocycles. The van der Waals surface area contributed by atoms with Gasteiger partial charge in [0.15, 0.2) is 0 Å². The Morgan fingerprint density at radius 2 is 2.08 bits per heavy atom. The van der Waals surface area contributed by atoms with E-state index < -0.39 is 0 Å². The van der Waals surface area contributed by atoms with E-state index in [0.29, 0.717) is 6.04 Å². The van der Waals surface area contributed by atoms with Gasteiger partial charge in [-0.2, -0.15) is 0 Å². The van der Waals surface area contributed by atoms with Gasteiger partial charge in [-0.05, 0) is 19.4 Å². The van der Waals surface area contributed by atoms with E-state index in [1.807, 2.05) is 0 Å². The summed E-state index contributed by atoms with van der Waals surface area (Å²) in [6.45, 7) is 3.74. The highest BCUT2D eigenvalue weighted by Crippen LogP contribution is 2.06. The highest BCUT2D eigenvalue weighted by molar-refractivity contribution is 5.80. The third-order valence-corrected chi connectivity index (χ3v) is 2.80. The topological polar surface area (TPSA) is 53.2 Å². The number of nitrogens with one attached hydrogen (secondary N) is 3. The summed E-state index contributed by atoms with van der Waals surface area (Å²) >= 11 is 0. The molecule has 2 saturated heterocycles. The Kier molecular flexibility index (Phi) is 2.80. The van der Waals surface area contributed by atoms with Crippen molar-refractivity contribution >= 4 is 5.91 Å². The van der Waals surface area contributed by atoms with Crippen LogP contribution in [0.3, 0.4) is 0 Å². The monoisotopic (exact) mass is 183 g/mol. The second kappa shape index (κ2) is 4.07. The largest absolute Gasteiger partial charge is 0.352 e. The molecule has 0 saturated carbocycles. The quantitative estimate of drug-likeness (QED) is 0.518. The van der Waals surface area contributed by atoms with Gasteiger partial charge in [0.2, 0.25) is 5.91 Å². The van der Waals surface area contributed by atoms with Crippen LogP contribution in [0.25, 0.3) is 0 Å². The summed E-state index contributed by atoms with van der Waals surface area (Å²) in [6.07, 6.45) is 2.30. The van der Waals surface area contributed by atoms with Gasteiger partial charge in [0.1, 0.15) is 0 Å². The Morgan fingerprint density at radius 3 is 2.62 bits per heavy atom. The Hall–Kier alpha value is -0.610. The average molecular weight is 183 g/mol. The van der Waals surface area contributed by atoms with Crippen molar-refractivity contribution in [2.45, 2.75) is 18.9 Å². The zero-order valence-electron chi connectivity index (χ0n) is 7.81. The zero-order valence-corrected chi connectivity index (χ0v) is 7.81. The van der Waals surface area contributed by atoms with Gasteiger partial charge in [0, 0.05) is 25.7 Å². The van der Waals surface area contributed by atoms with Crippen molar-refractivity contribution < 1.29 is 4.79 Å². The first kappa shape index (κ1) is 8.97. The lowest BCUT2D eigenvalue weighted by molar-refractivity contribution is -0.127. The first-order chi connectivity index (χ1) is 6.36. The van der Waals surface area contributed by atoms with Crippen LogP contribution in [-0.2, 0) is 4.79 Å². The molecule has 2 aliphatic rings. The molecule has 2 heterocycles. The third-order valence-electron chi connectivity index (χ3n) is 2.80. The van der Waals surface area contributed by atoms with Gasteiger partial charge in [-0.25, -0.2) is 0 Å². The molecule has 3 N–H and O–H groups in total. The van der Waals surface area contributed by atoms with Crippen LogP contribution in [0.1, 0.15) is 12.8 Å². The minimum absolute atomic E-state index is 0.224. The van der Waals surface area contributed by atoms with Crippen LogP contribution in [0.2, 0.25) is 0 Å². The molecule has 74 valence electrons. The molecule has 0 spiro atoms. The maximum Gasteiger partial charge on any atom is 0.225 e. The van der Waals surface area contributed by atoms with Crippen molar-refractivity contribution in [3.8, 4) is 0 Å². The lowest BCUT2D eigenvalue weighted by Gasteiger charge is -2.30. The van der Waals surface area contributed by atoms with E-state index in [1.165, 1.54) is 6.42 Å². The highest BCUT2D eigenvalue weighted by Gasteiger charge is 2.26. The molecule has 0 bridgehead atoms. The SMILES string of the molecule is O=C(N[C@H]1CCCNC1)C1CNC1. The molecule has 2 fully saturated rings. The van der Waals surface area contributed by atoms with Gasteiger partial charge in [-0.1, -0.05) is 0 Å². The summed E-state index contributed by atoms with van der Waals surface area (Å²) in [4.78, 5) is 11.5. The van der Waals surface area contributed by atoms with Crippen LogP contribution in [0.4, 0.5) is 0 Å². The van der Waals surface area contributed by atoms with Crippen molar-refractivity contribution in [2.75, 3.05) is 26.2 Å². The second-order valence-electron chi connectivity index (χ2n) is 3.91. The molecule has 0 aromatic carbocycles. The minimum Gasteiger partial charge on any atom is -0.352 e. The Balaban J connectivity index is 1.72. The average Bonchev–Trinajstić information content (AvgIpc) is 2.02. The van der Waals surface area contributed by atoms with Gasteiger partial charge in [0.25, 0.3) is 0 Å². The van der Waals surface area contributed by atoms with E-state index in [0.717, 1.165) is 32.6 Å². The molecule has 13 heavy (non-hydrogen) atoms. The fourth-order valence-electron chi connectivity index (χ4n) is 1.77. The molecule has 2 rings (SSSR count). The molecule has 0 aliphatic carbocycles. The molecule has 4 heteroatoms. The smallest absolute Gasteiger partial charge is 0.225 e. The van der Waals surface area contributed by atoms with Crippen LogP contribution in [0.15, 0.2) is 0 Å². The first-order valence-electron chi connectivity index (χ1n) is 5.08. The van der Waals surface area contributed by atoms with Gasteiger partial charge < -0.3 is 16.0 Å². The molecular weight excluding hydrogens is 166 g/mol. The van der Waals surface area contributed by atoms with Gasteiger partial charge >= 0.3 is 0 Å². The first-order valence-corrected chi connectivity index (χ1v) is 5.08. The summed E-state index contributed by atoms with van der Waals surface area (Å²) in [5.41, 5.74) is 0. The predicted molar refractivity (Wildman–Crippen MR) is 50.4 cm³/mol. The van der Waals surface area contributed by atoms with E-state index in [1.54, 1.807) is 0 Å². The van der Waals surface area contributed by atoms with Crippen molar-refractivity contribution in [2.24, 2.45) is 5.92 Å². The Labute approximate surface area is 78.5 Å². The fraction of sp³-hybridized carbons (Fsp3) is 0.889. The van der Waals surface area contributed by atoms with Gasteiger partial charge in [0.05, 0.1) is 5.92 Å². The standard InChI is InChI=1S/C9H17N3O/c13-9(7-4-11-5-7)12-8-2-1-3-10-6-8/h7-8,10-11H,1-6H2,(H,12,13)/t8-/m0/s1. The van der Waals surface area contributed by atoms with Crippen LogP contribution in [0.5, 0.6) is 0 Å². The van der Waals surface area contributed by atoms with Crippen LogP contribution >= 0.6 is 0 Å². The molecule has 0 unspecified atom stereocenters. The molecule has 1 amide bonds. The lowest BCUT2D eigenvalue weighted by Crippen LogP contribution is -2.55. The molecule has 4 nitrogen and oxygen atoms in total. The number of rotatable bonds is 2. The minimum atomic E-state index is 0.224. The van der Waals surface area contributed by atoms with E-state index in [2.05, 4.69) is 16.0 Å². The number of piperidine rings is 1. The Bertz CT molecular complexity index is 185. The van der Waals surface area contributed by atoms with Crippen LogP contribution < -0.4 is 16.0 Å². The van der Waals surface area contributed by atoms with E-state index in [-0.39, 0.29) is 11.8 Å². The van der Waals surface area contributed by atoms with Gasteiger partial charge in [-0.15, -0.1) is 0 Å². The molecule has 0 radical (unpaired) electrons. The van der Waals surface area contributed by atoms with Gasteiger partial charge in [-0.3, -0.25) is 4.79 Å². The maximum atomic E-state index is 11.5. The number of hydrogen-bond acceptors (Lipinski definition) is 3. The molecule has 0 aromatic rings. The molecule has 1 atom stereocenters. The summed E-state index contributed by atoms with van der Waals surface area (Å²) in [6, 6.07) is 0.363.